The largest absolute Gasteiger partial charge is 0.504 e. The fourth-order valence-corrected chi connectivity index (χ4v) is 2.28. The number of hydrogen-bond acceptors (Lipinski definition) is 3. The number of halogens is 1. The molecule has 5 nitrogen and oxygen atoms in total. The summed E-state index contributed by atoms with van der Waals surface area (Å²) in [6.45, 7) is 1.88. The van der Waals surface area contributed by atoms with Gasteiger partial charge in [0.2, 0.25) is 0 Å². The van der Waals surface area contributed by atoms with Crippen LogP contribution < -0.4 is 5.32 Å². The summed E-state index contributed by atoms with van der Waals surface area (Å²) < 4.78 is 1.45. The van der Waals surface area contributed by atoms with Crippen molar-refractivity contribution in [3.05, 3.63) is 71.0 Å². The maximum Gasteiger partial charge on any atom is 0.280 e. The Balaban J connectivity index is 1.85. The Morgan fingerprint density at radius 1 is 1.22 bits per heavy atom. The Kier molecular flexibility index (Phi) is 4.04. The van der Waals surface area contributed by atoms with Crippen molar-refractivity contribution in [1.82, 2.24) is 9.78 Å². The number of rotatable bonds is 3. The average molecular weight is 328 g/mol. The molecule has 116 valence electrons. The molecule has 0 saturated heterocycles. The Hall–Kier alpha value is -2.79. The summed E-state index contributed by atoms with van der Waals surface area (Å²) in [5, 5.41) is 17.3. The van der Waals surface area contributed by atoms with Crippen LogP contribution in [0.5, 0.6) is 5.75 Å². The number of benzene rings is 2. The molecule has 3 rings (SSSR count). The highest BCUT2D eigenvalue weighted by Crippen LogP contribution is 2.22. The van der Waals surface area contributed by atoms with Gasteiger partial charge in [0, 0.05) is 10.7 Å². The van der Waals surface area contributed by atoms with Crippen LogP contribution in [0.2, 0.25) is 5.02 Å². The Bertz CT molecular complexity index is 860. The lowest BCUT2D eigenvalue weighted by molar-refractivity contribution is 0.101. The normalized spacial score (nSPS) is 10.5. The fourth-order valence-electron chi connectivity index (χ4n) is 2.10. The molecular weight excluding hydrogens is 314 g/mol. The first kappa shape index (κ1) is 15.1. The molecule has 3 aromatic rings. The first-order valence-corrected chi connectivity index (χ1v) is 7.34. The molecule has 0 radical (unpaired) electrons. The van der Waals surface area contributed by atoms with E-state index >= 15 is 0 Å². The highest BCUT2D eigenvalue weighted by atomic mass is 35.5. The highest BCUT2D eigenvalue weighted by Gasteiger charge is 2.17. The zero-order chi connectivity index (χ0) is 16.4. The van der Waals surface area contributed by atoms with E-state index in [2.05, 4.69) is 10.4 Å². The Morgan fingerprint density at radius 3 is 2.65 bits per heavy atom. The van der Waals surface area contributed by atoms with Crippen molar-refractivity contribution < 1.29 is 9.90 Å². The standard InChI is InChI=1S/C17H14ClN3O2/c1-11-7-8-12(9-14(11)18)19-17(23)16-15(22)10-21(20-16)13-5-3-2-4-6-13/h2-10,22H,1H3,(H,19,23). The van der Waals surface area contributed by atoms with Crippen LogP contribution >= 0.6 is 11.6 Å². The molecule has 0 fully saturated rings. The molecular formula is C17H14ClN3O2. The maximum absolute atomic E-state index is 12.3. The summed E-state index contributed by atoms with van der Waals surface area (Å²) in [7, 11) is 0. The zero-order valence-electron chi connectivity index (χ0n) is 12.3. The van der Waals surface area contributed by atoms with Gasteiger partial charge in [-0.1, -0.05) is 35.9 Å². The molecule has 2 aromatic carbocycles. The van der Waals surface area contributed by atoms with Crippen LogP contribution in [0, 0.1) is 6.92 Å². The van der Waals surface area contributed by atoms with Gasteiger partial charge in [-0.2, -0.15) is 5.10 Å². The minimum atomic E-state index is -0.503. The molecule has 0 aliphatic carbocycles. The van der Waals surface area contributed by atoms with Crippen LogP contribution in [0.4, 0.5) is 5.69 Å². The molecule has 0 saturated carbocycles. The maximum atomic E-state index is 12.3. The third kappa shape index (κ3) is 3.19. The van der Waals surface area contributed by atoms with E-state index in [4.69, 9.17) is 11.6 Å². The van der Waals surface area contributed by atoms with Crippen molar-refractivity contribution in [3.63, 3.8) is 0 Å². The van der Waals surface area contributed by atoms with Crippen molar-refractivity contribution in [1.29, 1.82) is 0 Å². The third-order valence-electron chi connectivity index (χ3n) is 3.36. The van der Waals surface area contributed by atoms with E-state index in [0.29, 0.717) is 10.7 Å². The van der Waals surface area contributed by atoms with Crippen LogP contribution in [0.1, 0.15) is 16.1 Å². The lowest BCUT2D eigenvalue weighted by atomic mass is 10.2. The Labute approximate surface area is 138 Å². The lowest BCUT2D eigenvalue weighted by Gasteiger charge is -2.05. The van der Waals surface area contributed by atoms with Crippen LogP contribution in [-0.2, 0) is 0 Å². The third-order valence-corrected chi connectivity index (χ3v) is 3.77. The zero-order valence-corrected chi connectivity index (χ0v) is 13.1. The molecule has 0 atom stereocenters. The molecule has 0 unspecified atom stereocenters. The second-order valence-corrected chi connectivity index (χ2v) is 5.47. The second kappa shape index (κ2) is 6.14. The molecule has 0 spiro atoms. The molecule has 1 aromatic heterocycles. The SMILES string of the molecule is Cc1ccc(NC(=O)c2nn(-c3ccccc3)cc2O)cc1Cl. The first-order valence-electron chi connectivity index (χ1n) is 6.96. The predicted molar refractivity (Wildman–Crippen MR) is 89.4 cm³/mol. The molecule has 0 bridgehead atoms. The predicted octanol–water partition coefficient (Wildman–Crippen LogP) is 3.79. The summed E-state index contributed by atoms with van der Waals surface area (Å²) in [5.74, 6) is -0.693. The monoisotopic (exact) mass is 327 g/mol. The van der Waals surface area contributed by atoms with Crippen molar-refractivity contribution in [2.75, 3.05) is 5.32 Å². The minimum Gasteiger partial charge on any atom is -0.504 e. The summed E-state index contributed by atoms with van der Waals surface area (Å²) >= 11 is 6.04. The number of aromatic nitrogens is 2. The van der Waals surface area contributed by atoms with Crippen molar-refractivity contribution in [3.8, 4) is 11.4 Å². The number of aryl methyl sites for hydroxylation is 1. The minimum absolute atomic E-state index is 0.0504. The van der Waals surface area contributed by atoms with Gasteiger partial charge in [0.15, 0.2) is 11.4 Å². The summed E-state index contributed by atoms with van der Waals surface area (Å²) in [4.78, 5) is 12.3. The van der Waals surface area contributed by atoms with Gasteiger partial charge >= 0.3 is 0 Å². The van der Waals surface area contributed by atoms with E-state index in [0.717, 1.165) is 11.3 Å². The van der Waals surface area contributed by atoms with Gasteiger partial charge in [-0.05, 0) is 36.8 Å². The van der Waals surface area contributed by atoms with Crippen LogP contribution in [0.25, 0.3) is 5.69 Å². The van der Waals surface area contributed by atoms with Gasteiger partial charge in [0.25, 0.3) is 5.91 Å². The van der Waals surface area contributed by atoms with Crippen LogP contribution in [0.3, 0.4) is 0 Å². The molecule has 0 aliphatic rings. The smallest absolute Gasteiger partial charge is 0.280 e. The molecule has 0 aliphatic heterocycles. The number of carbonyl (C=O) groups excluding carboxylic acids is 1. The van der Waals surface area contributed by atoms with E-state index < -0.39 is 5.91 Å². The summed E-state index contributed by atoms with van der Waals surface area (Å²) in [6.07, 6.45) is 1.40. The number of aromatic hydroxyl groups is 1. The van der Waals surface area contributed by atoms with Gasteiger partial charge < -0.3 is 10.4 Å². The van der Waals surface area contributed by atoms with E-state index in [1.165, 1.54) is 10.9 Å². The van der Waals surface area contributed by atoms with Gasteiger partial charge in [0.05, 0.1) is 11.9 Å². The number of hydrogen-bond donors (Lipinski definition) is 2. The molecule has 1 heterocycles. The van der Waals surface area contributed by atoms with Gasteiger partial charge in [0.1, 0.15) is 0 Å². The highest BCUT2D eigenvalue weighted by molar-refractivity contribution is 6.31. The van der Waals surface area contributed by atoms with Crippen LogP contribution in [0.15, 0.2) is 54.7 Å². The van der Waals surface area contributed by atoms with E-state index in [1.807, 2.05) is 37.3 Å². The second-order valence-electron chi connectivity index (χ2n) is 5.06. The number of amides is 1. The molecule has 23 heavy (non-hydrogen) atoms. The van der Waals surface area contributed by atoms with E-state index in [-0.39, 0.29) is 11.4 Å². The Morgan fingerprint density at radius 2 is 1.96 bits per heavy atom. The van der Waals surface area contributed by atoms with Gasteiger partial charge in [-0.3, -0.25) is 4.79 Å². The topological polar surface area (TPSA) is 67.2 Å². The number of anilines is 1. The van der Waals surface area contributed by atoms with Gasteiger partial charge in [-0.15, -0.1) is 0 Å². The quantitative estimate of drug-likeness (QED) is 0.769. The van der Waals surface area contributed by atoms with Crippen molar-refractivity contribution in [2.45, 2.75) is 6.92 Å². The van der Waals surface area contributed by atoms with Crippen molar-refractivity contribution >= 4 is 23.2 Å². The first-order chi connectivity index (χ1) is 11.0. The number of nitrogens with one attached hydrogen (secondary N) is 1. The van der Waals surface area contributed by atoms with Gasteiger partial charge in [-0.25, -0.2) is 4.68 Å². The van der Waals surface area contributed by atoms with E-state index in [1.54, 1.807) is 18.2 Å². The fraction of sp³-hybridized carbons (Fsp3) is 0.0588. The lowest BCUT2D eigenvalue weighted by Crippen LogP contribution is -2.13. The van der Waals surface area contributed by atoms with Crippen molar-refractivity contribution in [2.24, 2.45) is 0 Å². The summed E-state index contributed by atoms with van der Waals surface area (Å²) in [6, 6.07) is 14.4. The van der Waals surface area contributed by atoms with E-state index in [9.17, 15) is 9.90 Å². The summed E-state index contributed by atoms with van der Waals surface area (Å²) in [5.41, 5.74) is 2.16. The van der Waals surface area contributed by atoms with Crippen LogP contribution in [-0.4, -0.2) is 20.8 Å². The average Bonchev–Trinajstić information content (AvgIpc) is 2.94. The number of para-hydroxylation sites is 1. The molecule has 1 amide bonds. The number of nitrogens with zero attached hydrogens (tertiary/aromatic N) is 2. The molecule has 6 heteroatoms. The number of carbonyl (C=O) groups is 1. The molecule has 2 N–H and O–H groups in total.